The fraction of sp³-hybridized carbons (Fsp3) is 0.588. The maximum Gasteiger partial charge on any atom is 0.490 e. The standard InChI is InChI=1S/C15H21N3O3S.C2HF3O2/c1-2-22(20,21)18-10-7-13-14(18)3-4-15(19)17(13)11-12-5-8-16-9-6-12;3-2(4,5)1(6)7/h5-6,8-9,13-14H,2-4,7,10-11H2,1H3;(H,6,7)/t13-,14-;/m0./s1. The van der Waals surface area contributed by atoms with Crippen LogP contribution in [0, 0.1) is 0 Å². The number of pyridine rings is 1. The van der Waals surface area contributed by atoms with Crippen LogP contribution in [0.2, 0.25) is 0 Å². The molecule has 3 rings (SSSR count). The number of carboxylic acids is 1. The monoisotopic (exact) mass is 437 g/mol. The molecular weight excluding hydrogens is 415 g/mol. The van der Waals surface area contributed by atoms with Crippen molar-refractivity contribution in [3.63, 3.8) is 0 Å². The molecule has 2 aliphatic rings. The third kappa shape index (κ3) is 5.66. The van der Waals surface area contributed by atoms with Crippen molar-refractivity contribution >= 4 is 21.9 Å². The first-order valence-corrected chi connectivity index (χ1v) is 10.6. The minimum Gasteiger partial charge on any atom is -0.475 e. The number of hydrogen-bond donors (Lipinski definition) is 1. The van der Waals surface area contributed by atoms with Crippen molar-refractivity contribution in [1.82, 2.24) is 14.2 Å². The second-order valence-electron chi connectivity index (χ2n) is 6.65. The lowest BCUT2D eigenvalue weighted by atomic mass is 9.96. The number of hydrogen-bond acceptors (Lipinski definition) is 5. The second kappa shape index (κ2) is 9.08. The summed E-state index contributed by atoms with van der Waals surface area (Å²) in [4.78, 5) is 27.0. The summed E-state index contributed by atoms with van der Waals surface area (Å²) in [7, 11) is -3.20. The number of nitrogens with zero attached hydrogens (tertiary/aromatic N) is 3. The number of amides is 1. The molecule has 0 saturated carbocycles. The minimum atomic E-state index is -5.08. The number of sulfonamides is 1. The zero-order valence-electron chi connectivity index (χ0n) is 15.7. The van der Waals surface area contributed by atoms with Gasteiger partial charge < -0.3 is 10.0 Å². The number of likely N-dealkylation sites (tertiary alicyclic amines) is 1. The first-order chi connectivity index (χ1) is 13.5. The normalized spacial score (nSPS) is 22.6. The summed E-state index contributed by atoms with van der Waals surface area (Å²) in [5.41, 5.74) is 1.03. The lowest BCUT2D eigenvalue weighted by molar-refractivity contribution is -0.192. The summed E-state index contributed by atoms with van der Waals surface area (Å²) in [6.07, 6.45) is 0.117. The molecular formula is C17H22F3N3O5S. The van der Waals surface area contributed by atoms with Crippen molar-refractivity contribution in [2.24, 2.45) is 0 Å². The van der Waals surface area contributed by atoms with Crippen molar-refractivity contribution in [2.45, 2.75) is 51.0 Å². The summed E-state index contributed by atoms with van der Waals surface area (Å²) in [5.74, 6) is -2.52. The van der Waals surface area contributed by atoms with Crippen LogP contribution in [0.3, 0.4) is 0 Å². The molecule has 0 aromatic carbocycles. The van der Waals surface area contributed by atoms with Gasteiger partial charge in [0.25, 0.3) is 0 Å². The van der Waals surface area contributed by atoms with Crippen LogP contribution in [0.4, 0.5) is 13.2 Å². The van der Waals surface area contributed by atoms with E-state index in [9.17, 15) is 26.4 Å². The molecule has 162 valence electrons. The Morgan fingerprint density at radius 1 is 1.24 bits per heavy atom. The molecule has 29 heavy (non-hydrogen) atoms. The van der Waals surface area contributed by atoms with Gasteiger partial charge in [0.15, 0.2) is 0 Å². The van der Waals surface area contributed by atoms with E-state index in [1.54, 1.807) is 23.6 Å². The number of alkyl halides is 3. The lowest BCUT2D eigenvalue weighted by Gasteiger charge is -2.39. The summed E-state index contributed by atoms with van der Waals surface area (Å²) >= 11 is 0. The van der Waals surface area contributed by atoms with Crippen molar-refractivity contribution in [3.8, 4) is 0 Å². The van der Waals surface area contributed by atoms with E-state index in [0.29, 0.717) is 25.9 Å². The van der Waals surface area contributed by atoms with Gasteiger partial charge in [-0.15, -0.1) is 0 Å². The molecule has 8 nitrogen and oxygen atoms in total. The smallest absolute Gasteiger partial charge is 0.475 e. The number of carbonyl (C=O) groups excluding carboxylic acids is 1. The third-order valence-electron chi connectivity index (χ3n) is 4.90. The average molecular weight is 437 g/mol. The van der Waals surface area contributed by atoms with Gasteiger partial charge in [-0.05, 0) is 37.5 Å². The van der Waals surface area contributed by atoms with Crippen molar-refractivity contribution in [1.29, 1.82) is 0 Å². The molecule has 0 aliphatic carbocycles. The molecule has 1 amide bonds. The van der Waals surface area contributed by atoms with E-state index < -0.39 is 22.2 Å². The first kappa shape index (κ1) is 23.1. The van der Waals surface area contributed by atoms with Crippen LogP contribution in [0.5, 0.6) is 0 Å². The number of carbonyl (C=O) groups is 2. The topological polar surface area (TPSA) is 108 Å². The average Bonchev–Trinajstić information content (AvgIpc) is 3.10. The Kier molecular flexibility index (Phi) is 7.22. The van der Waals surface area contributed by atoms with Gasteiger partial charge in [0.2, 0.25) is 15.9 Å². The maximum atomic E-state index is 12.3. The molecule has 12 heteroatoms. The Morgan fingerprint density at radius 2 is 1.83 bits per heavy atom. The van der Waals surface area contributed by atoms with Crippen LogP contribution in [0.25, 0.3) is 0 Å². The number of aliphatic carboxylic acids is 1. The summed E-state index contributed by atoms with van der Waals surface area (Å²) in [6.45, 7) is 2.72. The molecule has 1 N–H and O–H groups in total. The zero-order chi connectivity index (χ0) is 21.8. The van der Waals surface area contributed by atoms with Crippen molar-refractivity contribution in [3.05, 3.63) is 30.1 Å². The number of halogens is 3. The quantitative estimate of drug-likeness (QED) is 0.767. The maximum absolute atomic E-state index is 12.3. The molecule has 2 aliphatic heterocycles. The van der Waals surface area contributed by atoms with E-state index in [1.807, 2.05) is 17.0 Å². The predicted octanol–water partition coefficient (Wildman–Crippen LogP) is 1.63. The van der Waals surface area contributed by atoms with E-state index in [1.165, 1.54) is 0 Å². The van der Waals surface area contributed by atoms with Gasteiger partial charge in [-0.2, -0.15) is 17.5 Å². The number of piperidine rings is 1. The Hall–Kier alpha value is -2.21. The summed E-state index contributed by atoms with van der Waals surface area (Å²) < 4.78 is 57.8. The Balaban J connectivity index is 0.000000370. The van der Waals surface area contributed by atoms with Gasteiger partial charge in [-0.25, -0.2) is 13.2 Å². The van der Waals surface area contributed by atoms with Crippen LogP contribution >= 0.6 is 0 Å². The van der Waals surface area contributed by atoms with Gasteiger partial charge in [0.05, 0.1) is 5.75 Å². The Morgan fingerprint density at radius 3 is 2.34 bits per heavy atom. The van der Waals surface area contributed by atoms with E-state index in [0.717, 1.165) is 12.0 Å². The molecule has 0 unspecified atom stereocenters. The molecule has 2 fully saturated rings. The van der Waals surface area contributed by atoms with Gasteiger partial charge in [-0.3, -0.25) is 9.78 Å². The van der Waals surface area contributed by atoms with Gasteiger partial charge >= 0.3 is 12.1 Å². The minimum absolute atomic E-state index is 0.00394. The van der Waals surface area contributed by atoms with Crippen LogP contribution in [-0.2, 0) is 26.2 Å². The largest absolute Gasteiger partial charge is 0.490 e. The molecule has 0 spiro atoms. The van der Waals surface area contributed by atoms with Crippen LogP contribution in [0.15, 0.2) is 24.5 Å². The zero-order valence-corrected chi connectivity index (χ0v) is 16.5. The highest BCUT2D eigenvalue weighted by Crippen LogP contribution is 2.34. The van der Waals surface area contributed by atoms with E-state index in [-0.39, 0.29) is 23.7 Å². The third-order valence-corrected chi connectivity index (χ3v) is 6.80. The SMILES string of the molecule is CCS(=O)(=O)N1CC[C@H]2[C@@H]1CCC(=O)N2Cc1ccncc1.O=C(O)C(F)(F)F. The summed E-state index contributed by atoms with van der Waals surface area (Å²) in [6, 6.07) is 3.72. The molecule has 3 heterocycles. The van der Waals surface area contributed by atoms with Crippen molar-refractivity contribution in [2.75, 3.05) is 12.3 Å². The Labute approximate surface area is 166 Å². The number of rotatable bonds is 4. The van der Waals surface area contributed by atoms with E-state index in [4.69, 9.17) is 9.90 Å². The highest BCUT2D eigenvalue weighted by atomic mass is 32.2. The van der Waals surface area contributed by atoms with Gasteiger partial charge in [0, 0.05) is 44.0 Å². The number of fused-ring (bicyclic) bond motifs is 1. The highest BCUT2D eigenvalue weighted by Gasteiger charge is 2.46. The number of carboxylic acid groups (broad SMARTS) is 1. The van der Waals surface area contributed by atoms with Crippen LogP contribution < -0.4 is 0 Å². The van der Waals surface area contributed by atoms with Gasteiger partial charge in [-0.1, -0.05) is 0 Å². The fourth-order valence-electron chi connectivity index (χ4n) is 3.51. The first-order valence-electron chi connectivity index (χ1n) is 8.95. The van der Waals surface area contributed by atoms with E-state index in [2.05, 4.69) is 4.98 Å². The predicted molar refractivity (Wildman–Crippen MR) is 96.1 cm³/mol. The molecule has 2 atom stereocenters. The van der Waals surface area contributed by atoms with Crippen LogP contribution in [-0.4, -0.2) is 70.1 Å². The molecule has 1 aromatic heterocycles. The fourth-order valence-corrected chi connectivity index (χ4v) is 4.88. The second-order valence-corrected chi connectivity index (χ2v) is 8.86. The van der Waals surface area contributed by atoms with Crippen LogP contribution in [0.1, 0.15) is 31.7 Å². The number of aromatic nitrogens is 1. The lowest BCUT2D eigenvalue weighted by Crippen LogP contribution is -2.52. The molecule has 2 saturated heterocycles. The van der Waals surface area contributed by atoms with Gasteiger partial charge in [0.1, 0.15) is 0 Å². The Bertz CT molecular complexity index is 832. The molecule has 0 radical (unpaired) electrons. The summed E-state index contributed by atoms with van der Waals surface area (Å²) in [5, 5.41) is 7.12. The van der Waals surface area contributed by atoms with E-state index >= 15 is 0 Å². The molecule has 0 bridgehead atoms. The molecule has 1 aromatic rings. The highest BCUT2D eigenvalue weighted by molar-refractivity contribution is 7.89. The van der Waals surface area contributed by atoms with Crippen molar-refractivity contribution < 1.29 is 36.3 Å².